The quantitative estimate of drug-likeness (QED) is 0.686. The van der Waals surface area contributed by atoms with Gasteiger partial charge in [-0.25, -0.2) is 0 Å². The number of rotatable bonds is 5. The van der Waals surface area contributed by atoms with E-state index in [9.17, 15) is 0 Å². The third-order valence-electron chi connectivity index (χ3n) is 2.93. The smallest absolute Gasteiger partial charge is 0.104 e. The van der Waals surface area contributed by atoms with Crippen molar-refractivity contribution in [1.82, 2.24) is 0 Å². The van der Waals surface area contributed by atoms with E-state index < -0.39 is 0 Å². The first-order chi connectivity index (χ1) is 6.70. The molecule has 0 saturated heterocycles. The Labute approximate surface area is 93.4 Å². The maximum atomic E-state index is 2.34. The van der Waals surface area contributed by atoms with Crippen molar-refractivity contribution in [3.05, 3.63) is 35.9 Å². The highest BCUT2D eigenvalue weighted by Gasteiger charge is 2.17. The molecular weight excluding hydrogens is 186 g/mol. The van der Waals surface area contributed by atoms with Gasteiger partial charge in [-0.2, -0.15) is 0 Å². The van der Waals surface area contributed by atoms with Crippen molar-refractivity contribution in [2.24, 2.45) is 0 Å². The molecule has 0 amide bonds. The number of quaternary nitrogens is 1. The van der Waals surface area contributed by atoms with Crippen LogP contribution in [0.15, 0.2) is 30.3 Å². The summed E-state index contributed by atoms with van der Waals surface area (Å²) in [7, 11) is 2.34. The molecule has 1 rings (SSSR count). The topological polar surface area (TPSA) is 30.0 Å². The summed E-state index contributed by atoms with van der Waals surface area (Å²) in [5.41, 5.74) is 1.45. The van der Waals surface area contributed by atoms with E-state index in [1.165, 1.54) is 25.1 Å². The molecule has 0 spiro atoms. The fourth-order valence-electron chi connectivity index (χ4n) is 1.91. The van der Waals surface area contributed by atoms with Crippen molar-refractivity contribution in [2.45, 2.75) is 26.8 Å². The summed E-state index contributed by atoms with van der Waals surface area (Å²) in [5.74, 6) is 0. The van der Waals surface area contributed by atoms with Crippen LogP contribution >= 0.6 is 0 Å². The highest BCUT2D eigenvalue weighted by Crippen LogP contribution is 2.11. The molecule has 1 aromatic rings. The van der Waals surface area contributed by atoms with Gasteiger partial charge in [-0.1, -0.05) is 37.3 Å². The Balaban J connectivity index is 0.00000196. The number of hydrogen-bond acceptors (Lipinski definition) is 1. The van der Waals surface area contributed by atoms with Crippen molar-refractivity contribution in [2.75, 3.05) is 20.1 Å². The minimum absolute atomic E-state index is 0. The molecule has 0 fully saturated rings. The predicted molar refractivity (Wildman–Crippen MR) is 64.0 cm³/mol. The standard InChI is InChI=1S/C13H22N.H2O/c1-4-11-14(3,5-2)12-13-9-7-6-8-10-13;/h6-10H,4-5,11-12H2,1-3H3;1H2/q+1;/p-1. The molecule has 2 nitrogen and oxygen atoms in total. The van der Waals surface area contributed by atoms with Crippen LogP contribution in [-0.4, -0.2) is 30.1 Å². The van der Waals surface area contributed by atoms with Crippen molar-refractivity contribution in [1.29, 1.82) is 0 Å². The number of hydrogen-bond donors (Lipinski definition) is 0. The van der Waals surface area contributed by atoms with E-state index in [4.69, 9.17) is 0 Å². The first kappa shape index (κ1) is 14.1. The molecule has 0 bridgehead atoms. The zero-order valence-electron chi connectivity index (χ0n) is 10.1. The third-order valence-corrected chi connectivity index (χ3v) is 2.93. The Kier molecular flexibility index (Phi) is 6.21. The molecule has 1 N–H and O–H groups in total. The van der Waals surface area contributed by atoms with Gasteiger partial charge in [0.2, 0.25) is 0 Å². The maximum Gasteiger partial charge on any atom is 0.104 e. The van der Waals surface area contributed by atoms with Crippen LogP contribution in [0.25, 0.3) is 0 Å². The van der Waals surface area contributed by atoms with E-state index in [-0.39, 0.29) is 5.48 Å². The molecule has 0 heterocycles. The van der Waals surface area contributed by atoms with Crippen LogP contribution in [0.2, 0.25) is 0 Å². The molecule has 0 aromatic heterocycles. The Morgan fingerprint density at radius 3 is 2.13 bits per heavy atom. The molecule has 0 radical (unpaired) electrons. The maximum absolute atomic E-state index is 2.34. The van der Waals surface area contributed by atoms with Gasteiger partial charge < -0.3 is 9.96 Å². The average Bonchev–Trinajstić information content (AvgIpc) is 2.20. The normalized spacial score (nSPS) is 14.1. The van der Waals surface area contributed by atoms with Crippen LogP contribution in [-0.2, 0) is 6.54 Å². The Hall–Kier alpha value is -0.860. The molecule has 1 aromatic carbocycles. The molecule has 15 heavy (non-hydrogen) atoms. The zero-order chi connectivity index (χ0) is 10.4. The SMILES string of the molecule is CCC[N+](C)(CC)Cc1ccccc1.[OH-]. The fourth-order valence-corrected chi connectivity index (χ4v) is 1.91. The zero-order valence-corrected chi connectivity index (χ0v) is 10.1. The summed E-state index contributed by atoms with van der Waals surface area (Å²) in [4.78, 5) is 0. The predicted octanol–water partition coefficient (Wildman–Crippen LogP) is 2.89. The Bertz CT molecular complexity index is 260. The highest BCUT2D eigenvalue weighted by atomic mass is 16.0. The lowest BCUT2D eigenvalue weighted by Gasteiger charge is -2.33. The van der Waals surface area contributed by atoms with E-state index in [1.54, 1.807) is 0 Å². The summed E-state index contributed by atoms with van der Waals surface area (Å²) >= 11 is 0. The number of nitrogens with zero attached hydrogens (tertiary/aromatic N) is 1. The van der Waals surface area contributed by atoms with Gasteiger partial charge in [0.1, 0.15) is 6.54 Å². The van der Waals surface area contributed by atoms with E-state index in [0.717, 1.165) is 11.0 Å². The molecule has 0 aliphatic heterocycles. The van der Waals surface area contributed by atoms with Crippen molar-refractivity contribution < 1.29 is 9.96 Å². The van der Waals surface area contributed by atoms with Gasteiger partial charge in [0.25, 0.3) is 0 Å². The van der Waals surface area contributed by atoms with Crippen LogP contribution in [0.4, 0.5) is 0 Å². The molecule has 0 aliphatic carbocycles. The fraction of sp³-hybridized carbons (Fsp3) is 0.538. The molecule has 1 unspecified atom stereocenters. The van der Waals surface area contributed by atoms with E-state index in [1.807, 2.05) is 0 Å². The van der Waals surface area contributed by atoms with Gasteiger partial charge in [0.15, 0.2) is 0 Å². The second kappa shape index (κ2) is 6.59. The van der Waals surface area contributed by atoms with Gasteiger partial charge >= 0.3 is 0 Å². The lowest BCUT2D eigenvalue weighted by atomic mass is 10.2. The highest BCUT2D eigenvalue weighted by molar-refractivity contribution is 5.13. The molecule has 2 heteroatoms. The first-order valence-corrected chi connectivity index (χ1v) is 5.57. The van der Waals surface area contributed by atoms with Crippen molar-refractivity contribution in [3.8, 4) is 0 Å². The molecule has 86 valence electrons. The monoisotopic (exact) mass is 209 g/mol. The van der Waals surface area contributed by atoms with Crippen LogP contribution in [0, 0.1) is 0 Å². The van der Waals surface area contributed by atoms with E-state index in [2.05, 4.69) is 51.2 Å². The van der Waals surface area contributed by atoms with Gasteiger partial charge in [0, 0.05) is 5.56 Å². The second-order valence-corrected chi connectivity index (χ2v) is 4.30. The molecule has 0 saturated carbocycles. The number of benzene rings is 1. The summed E-state index contributed by atoms with van der Waals surface area (Å²) in [6.07, 6.45) is 1.26. The van der Waals surface area contributed by atoms with Crippen LogP contribution < -0.4 is 0 Å². The largest absolute Gasteiger partial charge is 0.870 e. The third kappa shape index (κ3) is 4.45. The van der Waals surface area contributed by atoms with Crippen molar-refractivity contribution >= 4 is 0 Å². The summed E-state index contributed by atoms with van der Waals surface area (Å²) in [6, 6.07) is 10.8. The second-order valence-electron chi connectivity index (χ2n) is 4.30. The summed E-state index contributed by atoms with van der Waals surface area (Å²) < 4.78 is 1.15. The van der Waals surface area contributed by atoms with Crippen LogP contribution in [0.5, 0.6) is 0 Å². The first-order valence-electron chi connectivity index (χ1n) is 5.57. The minimum atomic E-state index is 0. The van der Waals surface area contributed by atoms with E-state index in [0.29, 0.717) is 0 Å². The van der Waals surface area contributed by atoms with Gasteiger partial charge in [0.05, 0.1) is 20.1 Å². The molecule has 1 atom stereocenters. The Morgan fingerprint density at radius 2 is 1.67 bits per heavy atom. The van der Waals surface area contributed by atoms with Crippen molar-refractivity contribution in [3.63, 3.8) is 0 Å². The summed E-state index contributed by atoms with van der Waals surface area (Å²) in [6.45, 7) is 8.18. The van der Waals surface area contributed by atoms with Crippen LogP contribution in [0.3, 0.4) is 0 Å². The van der Waals surface area contributed by atoms with Gasteiger partial charge in [-0.15, -0.1) is 0 Å². The van der Waals surface area contributed by atoms with Gasteiger partial charge in [-0.3, -0.25) is 0 Å². The Morgan fingerprint density at radius 1 is 1.07 bits per heavy atom. The average molecular weight is 209 g/mol. The lowest BCUT2D eigenvalue weighted by molar-refractivity contribution is -0.921. The van der Waals surface area contributed by atoms with Gasteiger partial charge in [-0.05, 0) is 13.3 Å². The van der Waals surface area contributed by atoms with E-state index >= 15 is 0 Å². The van der Waals surface area contributed by atoms with Crippen LogP contribution in [0.1, 0.15) is 25.8 Å². The molecule has 0 aliphatic rings. The minimum Gasteiger partial charge on any atom is -0.870 e. The molecular formula is C13H23NO. The lowest BCUT2D eigenvalue weighted by Crippen LogP contribution is -2.43. The summed E-state index contributed by atoms with van der Waals surface area (Å²) in [5, 5.41) is 0.